The van der Waals surface area contributed by atoms with E-state index in [0.29, 0.717) is 5.56 Å². The second kappa shape index (κ2) is 7.04. The van der Waals surface area contributed by atoms with Crippen LogP contribution in [0, 0.1) is 0 Å². The lowest BCUT2D eigenvalue weighted by atomic mass is 10.1. The lowest BCUT2D eigenvalue weighted by Crippen LogP contribution is -3.14. The lowest BCUT2D eigenvalue weighted by Gasteiger charge is -2.31. The van der Waals surface area contributed by atoms with Gasteiger partial charge in [-0.3, -0.25) is 4.79 Å². The summed E-state index contributed by atoms with van der Waals surface area (Å²) in [5.74, 6) is -1.19. The minimum absolute atomic E-state index is 0.0422. The number of carbonyl (C=O) groups is 2. The Morgan fingerprint density at radius 2 is 1.86 bits per heavy atom. The second-order valence-corrected chi connectivity index (χ2v) is 5.17. The summed E-state index contributed by atoms with van der Waals surface area (Å²) in [6, 6.07) is 6.94. The maximum absolute atomic E-state index is 12.4. The SMILES string of the molecule is CC[NH+]1CCN(C(=O)c2ccc(/C=C/C(=O)[O-])cc2)CC1. The third-order valence-electron chi connectivity index (χ3n) is 3.83. The average molecular weight is 288 g/mol. The van der Waals surface area contributed by atoms with Gasteiger partial charge in [-0.25, -0.2) is 0 Å². The Bertz CT molecular complexity index is 529. The molecule has 0 aromatic heterocycles. The van der Waals surface area contributed by atoms with E-state index in [1.165, 1.54) is 11.0 Å². The summed E-state index contributed by atoms with van der Waals surface area (Å²) in [4.78, 5) is 26.1. The number of hydrogen-bond donors (Lipinski definition) is 1. The maximum atomic E-state index is 12.4. The molecule has 1 aromatic carbocycles. The van der Waals surface area contributed by atoms with E-state index in [9.17, 15) is 14.7 Å². The van der Waals surface area contributed by atoms with E-state index in [-0.39, 0.29) is 5.91 Å². The Morgan fingerprint density at radius 3 is 2.38 bits per heavy atom. The van der Waals surface area contributed by atoms with Gasteiger partial charge in [-0.15, -0.1) is 0 Å². The molecule has 0 unspecified atom stereocenters. The summed E-state index contributed by atoms with van der Waals surface area (Å²) in [7, 11) is 0. The van der Waals surface area contributed by atoms with Gasteiger partial charge in [0.05, 0.1) is 38.7 Å². The zero-order valence-corrected chi connectivity index (χ0v) is 12.2. The topological polar surface area (TPSA) is 64.9 Å². The molecule has 1 N–H and O–H groups in total. The van der Waals surface area contributed by atoms with E-state index in [1.807, 2.05) is 4.90 Å². The molecule has 1 heterocycles. The van der Waals surface area contributed by atoms with E-state index in [4.69, 9.17) is 0 Å². The molecule has 1 aliphatic rings. The molecule has 0 atom stereocenters. The largest absolute Gasteiger partial charge is 0.545 e. The molecule has 1 aliphatic heterocycles. The monoisotopic (exact) mass is 288 g/mol. The quantitative estimate of drug-likeness (QED) is 0.709. The van der Waals surface area contributed by atoms with Gasteiger partial charge in [0.2, 0.25) is 0 Å². The van der Waals surface area contributed by atoms with Gasteiger partial charge in [0.25, 0.3) is 5.91 Å². The van der Waals surface area contributed by atoms with E-state index < -0.39 is 5.97 Å². The molecule has 5 heteroatoms. The number of amides is 1. The van der Waals surface area contributed by atoms with Crippen LogP contribution in [0.1, 0.15) is 22.8 Å². The van der Waals surface area contributed by atoms with Crippen LogP contribution in [-0.2, 0) is 4.79 Å². The van der Waals surface area contributed by atoms with Gasteiger partial charge in [0.1, 0.15) is 0 Å². The zero-order valence-electron chi connectivity index (χ0n) is 12.2. The van der Waals surface area contributed by atoms with Crippen molar-refractivity contribution in [3.05, 3.63) is 41.5 Å². The first-order valence-corrected chi connectivity index (χ1v) is 7.22. The van der Waals surface area contributed by atoms with E-state index in [0.717, 1.165) is 44.4 Å². The average Bonchev–Trinajstić information content (AvgIpc) is 2.53. The van der Waals surface area contributed by atoms with Crippen LogP contribution in [0.25, 0.3) is 6.08 Å². The lowest BCUT2D eigenvalue weighted by molar-refractivity contribution is -0.902. The number of likely N-dealkylation sites (N-methyl/N-ethyl adjacent to an activating group) is 1. The fourth-order valence-corrected chi connectivity index (χ4v) is 2.46. The molecular formula is C16H20N2O3. The fraction of sp³-hybridized carbons (Fsp3) is 0.375. The molecular weight excluding hydrogens is 268 g/mol. The molecule has 0 aliphatic carbocycles. The predicted octanol–water partition coefficient (Wildman–Crippen LogP) is -1.19. The Kier molecular flexibility index (Phi) is 5.11. The van der Waals surface area contributed by atoms with Crippen LogP contribution in [0.5, 0.6) is 0 Å². The molecule has 0 spiro atoms. The Labute approximate surface area is 124 Å². The first-order chi connectivity index (χ1) is 10.1. The molecule has 2 rings (SSSR count). The first kappa shape index (κ1) is 15.3. The van der Waals surface area contributed by atoms with Gasteiger partial charge in [0.15, 0.2) is 0 Å². The normalized spacial score (nSPS) is 16.3. The highest BCUT2D eigenvalue weighted by molar-refractivity contribution is 5.94. The van der Waals surface area contributed by atoms with Crippen LogP contribution in [0.3, 0.4) is 0 Å². The van der Waals surface area contributed by atoms with Crippen molar-refractivity contribution in [3.63, 3.8) is 0 Å². The smallest absolute Gasteiger partial charge is 0.254 e. The van der Waals surface area contributed by atoms with Crippen molar-refractivity contribution in [1.29, 1.82) is 0 Å². The van der Waals surface area contributed by atoms with Gasteiger partial charge < -0.3 is 19.7 Å². The number of carboxylic acids is 1. The maximum Gasteiger partial charge on any atom is 0.254 e. The molecule has 0 bridgehead atoms. The molecule has 0 radical (unpaired) electrons. The van der Waals surface area contributed by atoms with Crippen molar-refractivity contribution in [2.24, 2.45) is 0 Å². The number of quaternary nitrogens is 1. The summed E-state index contributed by atoms with van der Waals surface area (Å²) in [6.45, 7) is 6.82. The van der Waals surface area contributed by atoms with Crippen LogP contribution in [-0.4, -0.2) is 49.5 Å². The Balaban J connectivity index is 1.98. The van der Waals surface area contributed by atoms with Crippen molar-refractivity contribution in [3.8, 4) is 0 Å². The van der Waals surface area contributed by atoms with E-state index >= 15 is 0 Å². The van der Waals surface area contributed by atoms with E-state index in [1.54, 1.807) is 24.3 Å². The Hall–Kier alpha value is -2.14. The fourth-order valence-electron chi connectivity index (χ4n) is 2.46. The Morgan fingerprint density at radius 1 is 1.24 bits per heavy atom. The number of carboxylic acid groups (broad SMARTS) is 1. The number of benzene rings is 1. The van der Waals surface area contributed by atoms with Gasteiger partial charge in [0, 0.05) is 5.56 Å². The number of hydrogen-bond acceptors (Lipinski definition) is 3. The van der Waals surface area contributed by atoms with Gasteiger partial charge >= 0.3 is 0 Å². The summed E-state index contributed by atoms with van der Waals surface area (Å²) in [5, 5.41) is 10.3. The van der Waals surface area contributed by atoms with Crippen LogP contribution in [0.2, 0.25) is 0 Å². The van der Waals surface area contributed by atoms with E-state index in [2.05, 4.69) is 6.92 Å². The molecule has 5 nitrogen and oxygen atoms in total. The number of carbonyl (C=O) groups excluding carboxylic acids is 2. The molecule has 1 amide bonds. The molecule has 112 valence electrons. The number of nitrogens with zero attached hydrogens (tertiary/aromatic N) is 1. The van der Waals surface area contributed by atoms with Crippen molar-refractivity contribution in [2.45, 2.75) is 6.92 Å². The molecule has 21 heavy (non-hydrogen) atoms. The molecule has 0 saturated carbocycles. The highest BCUT2D eigenvalue weighted by atomic mass is 16.4. The summed E-state index contributed by atoms with van der Waals surface area (Å²) >= 11 is 0. The van der Waals surface area contributed by atoms with Crippen LogP contribution < -0.4 is 10.0 Å². The summed E-state index contributed by atoms with van der Waals surface area (Å²) < 4.78 is 0. The highest BCUT2D eigenvalue weighted by Crippen LogP contribution is 2.09. The van der Waals surface area contributed by atoms with Gasteiger partial charge in [-0.1, -0.05) is 18.2 Å². The first-order valence-electron chi connectivity index (χ1n) is 7.22. The zero-order chi connectivity index (χ0) is 15.2. The minimum atomic E-state index is -1.23. The number of piperazine rings is 1. The van der Waals surface area contributed by atoms with Gasteiger partial charge in [-0.2, -0.15) is 0 Å². The predicted molar refractivity (Wildman–Crippen MR) is 77.6 cm³/mol. The van der Waals surface area contributed by atoms with Gasteiger partial charge in [-0.05, 0) is 30.7 Å². The van der Waals surface area contributed by atoms with Crippen molar-refractivity contribution in [1.82, 2.24) is 4.90 Å². The third-order valence-corrected chi connectivity index (χ3v) is 3.83. The van der Waals surface area contributed by atoms with Crippen LogP contribution in [0.15, 0.2) is 30.3 Å². The standard InChI is InChI=1S/C16H20N2O3/c1-2-17-9-11-18(12-10-17)16(21)14-6-3-13(4-7-14)5-8-15(19)20/h3-8H,2,9-12H2,1H3,(H,19,20)/b8-5+. The van der Waals surface area contributed by atoms with Crippen molar-refractivity contribution >= 4 is 18.0 Å². The second-order valence-electron chi connectivity index (χ2n) is 5.17. The van der Waals surface area contributed by atoms with Crippen molar-refractivity contribution < 1.29 is 19.6 Å². The number of rotatable bonds is 4. The molecule has 1 fully saturated rings. The number of nitrogens with one attached hydrogen (secondary N) is 1. The molecule has 1 aromatic rings. The summed E-state index contributed by atoms with van der Waals surface area (Å²) in [5.41, 5.74) is 1.37. The molecule has 1 saturated heterocycles. The highest BCUT2D eigenvalue weighted by Gasteiger charge is 2.23. The summed E-state index contributed by atoms with van der Waals surface area (Å²) in [6.07, 6.45) is 2.43. The van der Waals surface area contributed by atoms with Crippen LogP contribution >= 0.6 is 0 Å². The third kappa shape index (κ3) is 4.16. The minimum Gasteiger partial charge on any atom is -0.545 e. The van der Waals surface area contributed by atoms with Crippen LogP contribution in [0.4, 0.5) is 0 Å². The number of aliphatic carboxylic acids is 1. The van der Waals surface area contributed by atoms with Crippen molar-refractivity contribution in [2.75, 3.05) is 32.7 Å².